The Labute approximate surface area is 209 Å². The smallest absolute Gasteiger partial charge is 0.258 e. The van der Waals surface area contributed by atoms with Crippen LogP contribution in [-0.4, -0.2) is 15.3 Å². The van der Waals surface area contributed by atoms with Crippen molar-refractivity contribution in [1.82, 2.24) is 15.5 Å². The van der Waals surface area contributed by atoms with E-state index in [-0.39, 0.29) is 11.9 Å². The van der Waals surface area contributed by atoms with Crippen molar-refractivity contribution in [2.75, 3.05) is 4.90 Å². The lowest BCUT2D eigenvalue weighted by Gasteiger charge is -2.37. The summed E-state index contributed by atoms with van der Waals surface area (Å²) in [5.41, 5.74) is 7.18. The number of anilines is 1. The van der Waals surface area contributed by atoms with E-state index in [0.29, 0.717) is 22.4 Å². The Kier molecular flexibility index (Phi) is 5.94. The molecule has 1 aliphatic rings. The molecule has 1 atom stereocenters. The van der Waals surface area contributed by atoms with Crippen LogP contribution in [0.25, 0.3) is 17.0 Å². The molecule has 35 heavy (non-hydrogen) atoms. The van der Waals surface area contributed by atoms with E-state index in [0.717, 1.165) is 39.2 Å². The van der Waals surface area contributed by atoms with Gasteiger partial charge in [0.05, 0.1) is 11.6 Å². The van der Waals surface area contributed by atoms with Crippen LogP contribution >= 0.6 is 12.2 Å². The first-order chi connectivity index (χ1) is 16.8. The summed E-state index contributed by atoms with van der Waals surface area (Å²) in [6, 6.07) is 20.9. The molecule has 0 amide bonds. The van der Waals surface area contributed by atoms with Crippen LogP contribution in [-0.2, 0) is 0 Å². The molecule has 1 unspecified atom stereocenters. The van der Waals surface area contributed by atoms with Crippen LogP contribution in [0.5, 0.6) is 0 Å². The van der Waals surface area contributed by atoms with Crippen LogP contribution in [0.2, 0.25) is 0 Å². The molecule has 3 aromatic carbocycles. The Hall–Kier alpha value is -3.84. The summed E-state index contributed by atoms with van der Waals surface area (Å²) in [5.74, 6) is 0.659. The van der Waals surface area contributed by atoms with Gasteiger partial charge in [0.2, 0.25) is 5.82 Å². The molecule has 0 saturated heterocycles. The second-order valence-corrected chi connectivity index (χ2v) is 9.24. The third-order valence-electron chi connectivity index (χ3n) is 6.26. The van der Waals surface area contributed by atoms with Gasteiger partial charge in [0.15, 0.2) is 5.11 Å². The molecular formula is C28H25FN4OS. The maximum atomic E-state index is 14.0. The number of aromatic nitrogens is 2. The topological polar surface area (TPSA) is 54.2 Å². The molecule has 5 nitrogen and oxygen atoms in total. The van der Waals surface area contributed by atoms with Gasteiger partial charge in [-0.05, 0) is 69.2 Å². The summed E-state index contributed by atoms with van der Waals surface area (Å²) in [5, 5.41) is 8.22. The van der Waals surface area contributed by atoms with Crippen molar-refractivity contribution in [3.8, 4) is 11.4 Å². The van der Waals surface area contributed by atoms with Crippen LogP contribution < -0.4 is 10.2 Å². The minimum absolute atomic E-state index is 0.260. The SMILES string of the molecule is CC1=C(c2nc(-c3ccc(C)cc3)no2)C(c2ccc(C)cc2)NC(=S)N1c1ccc(F)c(C)c1. The molecular weight excluding hydrogens is 459 g/mol. The van der Waals surface area contributed by atoms with Gasteiger partial charge in [0, 0.05) is 16.9 Å². The number of aryl methyl sites for hydroxylation is 3. The first-order valence-corrected chi connectivity index (χ1v) is 11.8. The third-order valence-corrected chi connectivity index (χ3v) is 6.56. The quantitative estimate of drug-likeness (QED) is 0.327. The average molecular weight is 485 g/mol. The maximum Gasteiger partial charge on any atom is 0.258 e. The van der Waals surface area contributed by atoms with E-state index >= 15 is 0 Å². The molecule has 7 heteroatoms. The standard InChI is InChI=1S/C28H25FN4OS/c1-16-5-9-20(10-6-16)25-24(27-31-26(32-34-27)21-11-7-17(2)8-12-21)19(4)33(28(35)30-25)22-13-14-23(29)18(3)15-22/h5-15,25H,1-4H3,(H,30,35). The van der Waals surface area contributed by atoms with Crippen molar-refractivity contribution >= 4 is 28.6 Å². The van der Waals surface area contributed by atoms with Crippen molar-refractivity contribution in [1.29, 1.82) is 0 Å². The Balaban J connectivity index is 1.65. The largest absolute Gasteiger partial charge is 0.351 e. The van der Waals surface area contributed by atoms with Crippen molar-refractivity contribution < 1.29 is 8.91 Å². The van der Waals surface area contributed by atoms with E-state index in [2.05, 4.69) is 41.7 Å². The Morgan fingerprint density at radius 1 is 0.914 bits per heavy atom. The Morgan fingerprint density at radius 2 is 1.57 bits per heavy atom. The van der Waals surface area contributed by atoms with Crippen LogP contribution in [0, 0.1) is 26.6 Å². The van der Waals surface area contributed by atoms with Gasteiger partial charge in [-0.1, -0.05) is 64.8 Å². The maximum absolute atomic E-state index is 14.0. The monoisotopic (exact) mass is 484 g/mol. The minimum Gasteiger partial charge on any atom is -0.351 e. The predicted molar refractivity (Wildman–Crippen MR) is 140 cm³/mol. The number of rotatable bonds is 4. The van der Waals surface area contributed by atoms with Crippen molar-refractivity contribution in [3.63, 3.8) is 0 Å². The zero-order valence-corrected chi connectivity index (χ0v) is 20.8. The molecule has 0 spiro atoms. The molecule has 0 fully saturated rings. The Morgan fingerprint density at radius 3 is 2.23 bits per heavy atom. The first-order valence-electron chi connectivity index (χ1n) is 11.4. The van der Waals surface area contributed by atoms with E-state index in [1.165, 1.54) is 6.07 Å². The lowest BCUT2D eigenvalue weighted by molar-refractivity contribution is 0.404. The van der Waals surface area contributed by atoms with Gasteiger partial charge >= 0.3 is 0 Å². The van der Waals surface area contributed by atoms with Gasteiger partial charge in [-0.3, -0.25) is 4.90 Å². The van der Waals surface area contributed by atoms with Crippen LogP contribution in [0.1, 0.15) is 41.1 Å². The molecule has 0 aliphatic carbocycles. The molecule has 0 radical (unpaired) electrons. The number of thiocarbonyl (C=S) groups is 1. The second-order valence-electron chi connectivity index (χ2n) is 8.85. The number of benzene rings is 3. The normalized spacial score (nSPS) is 16.0. The number of nitrogens with one attached hydrogen (secondary N) is 1. The molecule has 0 bridgehead atoms. The summed E-state index contributed by atoms with van der Waals surface area (Å²) in [6.07, 6.45) is 0. The van der Waals surface area contributed by atoms with Gasteiger partial charge in [0.1, 0.15) is 5.82 Å². The molecule has 2 heterocycles. The molecule has 0 saturated carbocycles. The number of nitrogens with zero attached hydrogens (tertiary/aromatic N) is 3. The molecule has 1 aliphatic heterocycles. The molecule has 1 aromatic heterocycles. The number of allylic oxidation sites excluding steroid dienone is 1. The van der Waals surface area contributed by atoms with Crippen molar-refractivity contribution in [2.45, 2.75) is 33.7 Å². The highest BCUT2D eigenvalue weighted by Gasteiger charge is 2.35. The summed E-state index contributed by atoms with van der Waals surface area (Å²) in [6.45, 7) is 7.79. The third kappa shape index (κ3) is 4.35. The van der Waals surface area contributed by atoms with Gasteiger partial charge in [0.25, 0.3) is 5.89 Å². The first kappa shape index (κ1) is 22.9. The number of halogens is 1. The highest BCUT2D eigenvalue weighted by molar-refractivity contribution is 7.80. The fourth-order valence-electron chi connectivity index (χ4n) is 4.26. The van der Waals surface area contributed by atoms with Gasteiger partial charge in [-0.2, -0.15) is 4.98 Å². The number of hydrogen-bond donors (Lipinski definition) is 1. The molecule has 4 aromatic rings. The molecule has 5 rings (SSSR count). The Bertz CT molecular complexity index is 1440. The van der Waals surface area contributed by atoms with E-state index < -0.39 is 0 Å². The summed E-state index contributed by atoms with van der Waals surface area (Å²) in [7, 11) is 0. The lowest BCUT2D eigenvalue weighted by Crippen LogP contribution is -2.46. The summed E-state index contributed by atoms with van der Waals surface area (Å²) < 4.78 is 19.8. The lowest BCUT2D eigenvalue weighted by atomic mass is 9.94. The van der Waals surface area contributed by atoms with Crippen molar-refractivity contribution in [3.05, 3.63) is 106 Å². The van der Waals surface area contributed by atoms with Crippen molar-refractivity contribution in [2.24, 2.45) is 0 Å². The predicted octanol–water partition coefficient (Wildman–Crippen LogP) is 6.67. The van der Waals surface area contributed by atoms with Crippen LogP contribution in [0.15, 0.2) is 77.0 Å². The fraction of sp³-hybridized carbons (Fsp3) is 0.179. The zero-order valence-electron chi connectivity index (χ0n) is 20.0. The average Bonchev–Trinajstić information content (AvgIpc) is 3.31. The number of hydrogen-bond acceptors (Lipinski definition) is 4. The van der Waals surface area contributed by atoms with Crippen LogP contribution in [0.4, 0.5) is 10.1 Å². The van der Waals surface area contributed by atoms with Gasteiger partial charge < -0.3 is 9.84 Å². The second kappa shape index (κ2) is 9.07. The van der Waals surface area contributed by atoms with E-state index in [1.54, 1.807) is 19.1 Å². The van der Waals surface area contributed by atoms with E-state index in [9.17, 15) is 4.39 Å². The van der Waals surface area contributed by atoms with Crippen LogP contribution in [0.3, 0.4) is 0 Å². The highest BCUT2D eigenvalue weighted by atomic mass is 32.1. The molecule has 176 valence electrons. The van der Waals surface area contributed by atoms with E-state index in [4.69, 9.17) is 21.7 Å². The molecule has 1 N–H and O–H groups in total. The highest BCUT2D eigenvalue weighted by Crippen LogP contribution is 2.39. The van der Waals surface area contributed by atoms with E-state index in [1.807, 2.05) is 43.0 Å². The van der Waals surface area contributed by atoms with Gasteiger partial charge in [-0.15, -0.1) is 0 Å². The summed E-state index contributed by atoms with van der Waals surface area (Å²) in [4.78, 5) is 6.64. The van der Waals surface area contributed by atoms with Gasteiger partial charge in [-0.25, -0.2) is 4.39 Å². The fourth-order valence-corrected chi connectivity index (χ4v) is 4.62. The minimum atomic E-state index is -0.285. The summed E-state index contributed by atoms with van der Waals surface area (Å²) >= 11 is 5.78. The zero-order chi connectivity index (χ0) is 24.7.